The van der Waals surface area contributed by atoms with Crippen molar-refractivity contribution in [3.63, 3.8) is 0 Å². The van der Waals surface area contributed by atoms with Crippen LogP contribution in [0.1, 0.15) is 22.8 Å². The van der Waals surface area contributed by atoms with Crippen LogP contribution in [0.3, 0.4) is 0 Å². The number of carbonyl (C=O) groups is 1. The molecule has 7 heteroatoms. The van der Waals surface area contributed by atoms with Crippen LogP contribution in [-0.4, -0.2) is 28.0 Å². The van der Waals surface area contributed by atoms with Crippen molar-refractivity contribution in [1.29, 1.82) is 0 Å². The average Bonchev–Trinajstić information content (AvgIpc) is 2.55. The smallest absolute Gasteiger partial charge is 0.255 e. The zero-order chi connectivity index (χ0) is 17.7. The fraction of sp³-hybridized carbons (Fsp3) is 0.235. The summed E-state index contributed by atoms with van der Waals surface area (Å²) in [7, 11) is -2.05. The standard InChI is InChI=1S/C17H20N2O4S/c1-4-18-24(21,22)15-10-5-12(2)16(11-15)17(20)19-13-6-8-14(23-3)9-7-13/h5-11,18H,4H2,1-3H3,(H,19,20). The second-order valence-electron chi connectivity index (χ2n) is 5.16. The van der Waals surface area contributed by atoms with Gasteiger partial charge in [-0.05, 0) is 48.9 Å². The molecule has 0 heterocycles. The summed E-state index contributed by atoms with van der Waals surface area (Å²) in [5.74, 6) is 0.314. The SMILES string of the molecule is CCNS(=O)(=O)c1ccc(C)c(C(=O)Nc2ccc(OC)cc2)c1. The lowest BCUT2D eigenvalue weighted by molar-refractivity contribution is 0.102. The largest absolute Gasteiger partial charge is 0.497 e. The van der Waals surface area contributed by atoms with Crippen molar-refractivity contribution >= 4 is 21.6 Å². The Labute approximate surface area is 141 Å². The molecule has 0 spiro atoms. The van der Waals surface area contributed by atoms with Gasteiger partial charge in [0.1, 0.15) is 5.75 Å². The maximum Gasteiger partial charge on any atom is 0.255 e. The van der Waals surface area contributed by atoms with E-state index in [9.17, 15) is 13.2 Å². The summed E-state index contributed by atoms with van der Waals surface area (Å²) in [6.45, 7) is 3.74. The van der Waals surface area contributed by atoms with Crippen molar-refractivity contribution in [2.45, 2.75) is 18.7 Å². The third kappa shape index (κ3) is 4.12. The molecule has 0 aliphatic carbocycles. The third-order valence-corrected chi connectivity index (χ3v) is 4.99. The van der Waals surface area contributed by atoms with Crippen LogP contribution in [0.5, 0.6) is 5.75 Å². The monoisotopic (exact) mass is 348 g/mol. The molecule has 0 aliphatic rings. The summed E-state index contributed by atoms with van der Waals surface area (Å²) < 4.78 is 31.7. The molecule has 0 bridgehead atoms. The molecule has 0 unspecified atom stereocenters. The van der Waals surface area contributed by atoms with Crippen LogP contribution in [0, 0.1) is 6.92 Å². The topological polar surface area (TPSA) is 84.5 Å². The number of ether oxygens (including phenoxy) is 1. The highest BCUT2D eigenvalue weighted by Gasteiger charge is 2.17. The van der Waals surface area contributed by atoms with Gasteiger partial charge in [0.25, 0.3) is 5.91 Å². The van der Waals surface area contributed by atoms with E-state index in [-0.39, 0.29) is 17.3 Å². The number of hydrogen-bond donors (Lipinski definition) is 2. The van der Waals surface area contributed by atoms with Crippen LogP contribution in [0.4, 0.5) is 5.69 Å². The first kappa shape index (κ1) is 18.0. The molecule has 6 nitrogen and oxygen atoms in total. The van der Waals surface area contributed by atoms with Crippen molar-refractivity contribution in [1.82, 2.24) is 4.72 Å². The Bertz CT molecular complexity index is 830. The van der Waals surface area contributed by atoms with E-state index in [2.05, 4.69) is 10.0 Å². The molecular formula is C17H20N2O4S. The first-order valence-corrected chi connectivity index (χ1v) is 8.91. The van der Waals surface area contributed by atoms with Crippen LogP contribution >= 0.6 is 0 Å². The molecule has 2 rings (SSSR count). The van der Waals surface area contributed by atoms with Crippen LogP contribution < -0.4 is 14.8 Å². The number of benzene rings is 2. The fourth-order valence-electron chi connectivity index (χ4n) is 2.16. The number of amides is 1. The minimum absolute atomic E-state index is 0.0647. The van der Waals surface area contributed by atoms with Gasteiger partial charge < -0.3 is 10.1 Å². The van der Waals surface area contributed by atoms with Crippen molar-refractivity contribution in [3.05, 3.63) is 53.6 Å². The predicted octanol–water partition coefficient (Wildman–Crippen LogP) is 2.55. The van der Waals surface area contributed by atoms with Gasteiger partial charge in [-0.15, -0.1) is 0 Å². The lowest BCUT2D eigenvalue weighted by atomic mass is 10.1. The second kappa shape index (κ2) is 7.46. The van der Waals surface area contributed by atoms with Crippen molar-refractivity contribution in [2.75, 3.05) is 19.0 Å². The number of carbonyl (C=O) groups excluding carboxylic acids is 1. The average molecular weight is 348 g/mol. The van der Waals surface area contributed by atoms with E-state index < -0.39 is 10.0 Å². The normalized spacial score (nSPS) is 11.1. The van der Waals surface area contributed by atoms with Crippen LogP contribution in [0.2, 0.25) is 0 Å². The van der Waals surface area contributed by atoms with Crippen LogP contribution in [0.15, 0.2) is 47.4 Å². The van der Waals surface area contributed by atoms with E-state index in [4.69, 9.17) is 4.74 Å². The number of sulfonamides is 1. The summed E-state index contributed by atoms with van der Waals surface area (Å²) in [6, 6.07) is 11.4. The molecule has 0 radical (unpaired) electrons. The van der Waals surface area contributed by atoms with Gasteiger partial charge in [-0.3, -0.25) is 4.79 Å². The summed E-state index contributed by atoms with van der Waals surface area (Å²) in [5.41, 5.74) is 1.60. The van der Waals surface area contributed by atoms with Gasteiger partial charge >= 0.3 is 0 Å². The highest BCUT2D eigenvalue weighted by atomic mass is 32.2. The minimum Gasteiger partial charge on any atom is -0.497 e. The zero-order valence-corrected chi connectivity index (χ0v) is 14.6. The molecule has 0 aliphatic heterocycles. The maximum absolute atomic E-state index is 12.5. The van der Waals surface area contributed by atoms with Gasteiger partial charge in [0, 0.05) is 17.8 Å². The number of rotatable bonds is 6. The Hall–Kier alpha value is -2.38. The summed E-state index contributed by atoms with van der Waals surface area (Å²) in [5, 5.41) is 2.75. The summed E-state index contributed by atoms with van der Waals surface area (Å²) in [4.78, 5) is 12.5. The number of hydrogen-bond acceptors (Lipinski definition) is 4. The number of anilines is 1. The van der Waals surface area contributed by atoms with E-state index >= 15 is 0 Å². The molecule has 0 aromatic heterocycles. The van der Waals surface area contributed by atoms with E-state index in [1.54, 1.807) is 51.3 Å². The molecule has 0 saturated heterocycles. The molecule has 0 fully saturated rings. The van der Waals surface area contributed by atoms with Crippen molar-refractivity contribution in [2.24, 2.45) is 0 Å². The van der Waals surface area contributed by atoms with E-state index in [0.717, 1.165) is 0 Å². The number of methoxy groups -OCH3 is 1. The lowest BCUT2D eigenvalue weighted by Crippen LogP contribution is -2.24. The number of aryl methyl sites for hydroxylation is 1. The molecule has 1 amide bonds. The second-order valence-corrected chi connectivity index (χ2v) is 6.93. The zero-order valence-electron chi connectivity index (χ0n) is 13.8. The van der Waals surface area contributed by atoms with Crippen molar-refractivity contribution in [3.8, 4) is 5.75 Å². The Morgan fingerprint density at radius 1 is 1.12 bits per heavy atom. The highest BCUT2D eigenvalue weighted by molar-refractivity contribution is 7.89. The Balaban J connectivity index is 2.28. The van der Waals surface area contributed by atoms with Gasteiger partial charge in [-0.2, -0.15) is 0 Å². The molecule has 24 heavy (non-hydrogen) atoms. The maximum atomic E-state index is 12.5. The quantitative estimate of drug-likeness (QED) is 0.840. The number of nitrogens with one attached hydrogen (secondary N) is 2. The minimum atomic E-state index is -3.61. The van der Waals surface area contributed by atoms with Gasteiger partial charge in [0.05, 0.1) is 12.0 Å². The molecule has 128 valence electrons. The Kier molecular flexibility index (Phi) is 5.58. The van der Waals surface area contributed by atoms with E-state index in [1.807, 2.05) is 0 Å². The van der Waals surface area contributed by atoms with Gasteiger partial charge in [-0.25, -0.2) is 13.1 Å². The highest BCUT2D eigenvalue weighted by Crippen LogP contribution is 2.19. The van der Waals surface area contributed by atoms with E-state index in [1.165, 1.54) is 12.1 Å². The first-order valence-electron chi connectivity index (χ1n) is 7.43. The molecule has 2 aromatic rings. The summed E-state index contributed by atoms with van der Waals surface area (Å²) in [6.07, 6.45) is 0. The van der Waals surface area contributed by atoms with E-state index in [0.29, 0.717) is 22.6 Å². The predicted molar refractivity (Wildman–Crippen MR) is 93.0 cm³/mol. The molecule has 0 atom stereocenters. The van der Waals surface area contributed by atoms with Crippen LogP contribution in [0.25, 0.3) is 0 Å². The first-order chi connectivity index (χ1) is 11.4. The third-order valence-electron chi connectivity index (χ3n) is 3.45. The van der Waals surface area contributed by atoms with Crippen molar-refractivity contribution < 1.29 is 17.9 Å². The van der Waals surface area contributed by atoms with Gasteiger partial charge in [0.2, 0.25) is 10.0 Å². The Morgan fingerprint density at radius 2 is 1.79 bits per heavy atom. The van der Waals surface area contributed by atoms with Gasteiger partial charge in [-0.1, -0.05) is 13.0 Å². The molecule has 2 aromatic carbocycles. The summed E-state index contributed by atoms with van der Waals surface area (Å²) >= 11 is 0. The van der Waals surface area contributed by atoms with Crippen LogP contribution in [-0.2, 0) is 10.0 Å². The molecule has 2 N–H and O–H groups in total. The fourth-order valence-corrected chi connectivity index (χ4v) is 3.23. The van der Waals surface area contributed by atoms with Gasteiger partial charge in [0.15, 0.2) is 0 Å². The lowest BCUT2D eigenvalue weighted by Gasteiger charge is -2.11. The molecule has 0 saturated carbocycles. The Morgan fingerprint density at radius 3 is 2.38 bits per heavy atom. The molecular weight excluding hydrogens is 328 g/mol.